The molecule has 0 N–H and O–H groups in total. The summed E-state index contributed by atoms with van der Waals surface area (Å²) in [5, 5.41) is 0. The zero-order chi connectivity index (χ0) is 9.73. The van der Waals surface area contributed by atoms with E-state index in [0.29, 0.717) is 25.7 Å². The first-order valence-corrected chi connectivity index (χ1v) is 5.01. The predicted octanol–water partition coefficient (Wildman–Crippen LogP) is 2.61. The summed E-state index contributed by atoms with van der Waals surface area (Å²) in [6, 6.07) is 0. The average molecular weight is 188 g/mol. The lowest BCUT2D eigenvalue weighted by Crippen LogP contribution is -2.21. The second-order valence-corrected chi connectivity index (χ2v) is 3.68. The molecule has 13 heavy (non-hydrogen) atoms. The average Bonchev–Trinajstić information content (AvgIpc) is 2.52. The van der Waals surface area contributed by atoms with Crippen LogP contribution in [0.1, 0.15) is 45.4 Å². The van der Waals surface area contributed by atoms with Gasteiger partial charge in [-0.15, -0.1) is 0 Å². The monoisotopic (exact) mass is 188 g/mol. The van der Waals surface area contributed by atoms with Crippen molar-refractivity contribution in [2.45, 2.75) is 51.1 Å². The van der Waals surface area contributed by atoms with Gasteiger partial charge in [-0.2, -0.15) is 0 Å². The van der Waals surface area contributed by atoms with E-state index in [0.717, 1.165) is 12.8 Å². The van der Waals surface area contributed by atoms with Crippen LogP contribution in [0, 0.1) is 0 Å². The van der Waals surface area contributed by atoms with Crippen LogP contribution in [-0.2, 0) is 9.53 Å². The molecule has 0 aromatic carbocycles. The Hall–Kier alpha value is -0.600. The summed E-state index contributed by atoms with van der Waals surface area (Å²) in [5.74, 6) is -0.235. The summed E-state index contributed by atoms with van der Waals surface area (Å²) >= 11 is 0. The van der Waals surface area contributed by atoms with Crippen LogP contribution in [0.3, 0.4) is 0 Å². The number of hydrogen-bond acceptors (Lipinski definition) is 2. The van der Waals surface area contributed by atoms with Crippen molar-refractivity contribution in [3.63, 3.8) is 0 Å². The molecule has 76 valence electrons. The summed E-state index contributed by atoms with van der Waals surface area (Å²) in [4.78, 5) is 10.7. The van der Waals surface area contributed by atoms with E-state index in [1.54, 1.807) is 6.92 Å². The van der Waals surface area contributed by atoms with Crippen molar-refractivity contribution in [2.75, 3.05) is 6.61 Å². The van der Waals surface area contributed by atoms with Gasteiger partial charge in [0.15, 0.2) is 0 Å². The van der Waals surface area contributed by atoms with Gasteiger partial charge in [0.1, 0.15) is 5.67 Å². The Balaban J connectivity index is 2.14. The molecule has 0 saturated heterocycles. The Morgan fingerprint density at radius 2 is 2.08 bits per heavy atom. The molecule has 1 rings (SSSR count). The van der Waals surface area contributed by atoms with Gasteiger partial charge < -0.3 is 4.74 Å². The van der Waals surface area contributed by atoms with Crippen LogP contribution in [0.15, 0.2) is 0 Å². The second-order valence-electron chi connectivity index (χ2n) is 3.68. The molecule has 0 bridgehead atoms. The molecule has 1 aliphatic rings. The molecule has 1 fully saturated rings. The molecule has 0 aromatic rings. The molecule has 0 unspecified atom stereocenters. The number of halogens is 1. The lowest BCUT2D eigenvalue weighted by atomic mass is 10.0. The second kappa shape index (κ2) is 4.58. The van der Waals surface area contributed by atoms with Gasteiger partial charge in [0.25, 0.3) is 0 Å². The minimum absolute atomic E-state index is 0.235. The maximum absolute atomic E-state index is 13.7. The molecular formula is C10H17FO2. The summed E-state index contributed by atoms with van der Waals surface area (Å²) < 4.78 is 18.5. The normalized spacial score (nSPS) is 20.2. The Morgan fingerprint density at radius 1 is 1.46 bits per heavy atom. The zero-order valence-corrected chi connectivity index (χ0v) is 8.14. The molecule has 2 nitrogen and oxygen atoms in total. The molecule has 0 heterocycles. The minimum Gasteiger partial charge on any atom is -0.466 e. The fraction of sp³-hybridized carbons (Fsp3) is 0.900. The van der Waals surface area contributed by atoms with Gasteiger partial charge in [-0.3, -0.25) is 4.79 Å². The lowest BCUT2D eigenvalue weighted by Gasteiger charge is -2.18. The highest BCUT2D eigenvalue weighted by atomic mass is 19.1. The Morgan fingerprint density at radius 3 is 2.62 bits per heavy atom. The fourth-order valence-corrected chi connectivity index (χ4v) is 1.71. The number of hydrogen-bond donors (Lipinski definition) is 0. The van der Waals surface area contributed by atoms with E-state index in [2.05, 4.69) is 0 Å². The quantitative estimate of drug-likeness (QED) is 0.634. The van der Waals surface area contributed by atoms with Crippen LogP contribution in [0.4, 0.5) is 4.39 Å². The van der Waals surface area contributed by atoms with Gasteiger partial charge >= 0.3 is 5.97 Å². The summed E-state index contributed by atoms with van der Waals surface area (Å²) in [6.45, 7) is 1.98. The molecule has 3 heteroatoms. The molecule has 0 radical (unpaired) electrons. The molecule has 1 aliphatic carbocycles. The number of ether oxygens (including phenoxy) is 1. The minimum atomic E-state index is -1.05. The smallest absolute Gasteiger partial charge is 0.305 e. The van der Waals surface area contributed by atoms with Crippen LogP contribution >= 0.6 is 0 Å². The van der Waals surface area contributed by atoms with E-state index in [1.165, 1.54) is 0 Å². The topological polar surface area (TPSA) is 26.3 Å². The van der Waals surface area contributed by atoms with Gasteiger partial charge in [-0.05, 0) is 12.8 Å². The number of carbonyl (C=O) groups is 1. The van der Waals surface area contributed by atoms with Crippen molar-refractivity contribution in [1.82, 2.24) is 0 Å². The molecule has 0 aliphatic heterocycles. The van der Waals surface area contributed by atoms with Gasteiger partial charge in [0, 0.05) is 12.8 Å². The Labute approximate surface area is 78.5 Å². The van der Waals surface area contributed by atoms with Crippen molar-refractivity contribution in [2.24, 2.45) is 0 Å². The summed E-state index contributed by atoms with van der Waals surface area (Å²) in [5.41, 5.74) is -1.05. The van der Waals surface area contributed by atoms with E-state index in [1.807, 2.05) is 0 Å². The van der Waals surface area contributed by atoms with Gasteiger partial charge in [-0.25, -0.2) is 4.39 Å². The first kappa shape index (κ1) is 10.5. The van der Waals surface area contributed by atoms with Crippen molar-refractivity contribution in [3.8, 4) is 0 Å². The van der Waals surface area contributed by atoms with Crippen LogP contribution in [0.2, 0.25) is 0 Å². The molecule has 0 aromatic heterocycles. The highest BCUT2D eigenvalue weighted by Gasteiger charge is 2.33. The third-order valence-corrected chi connectivity index (χ3v) is 2.60. The maximum Gasteiger partial charge on any atom is 0.305 e. The lowest BCUT2D eigenvalue weighted by molar-refractivity contribution is -0.144. The Bertz CT molecular complexity index is 174. The van der Waals surface area contributed by atoms with Crippen LogP contribution in [0.25, 0.3) is 0 Å². The van der Waals surface area contributed by atoms with Crippen molar-refractivity contribution in [1.29, 1.82) is 0 Å². The van der Waals surface area contributed by atoms with Crippen molar-refractivity contribution >= 4 is 5.97 Å². The molecule has 0 spiro atoms. The number of rotatable bonds is 4. The van der Waals surface area contributed by atoms with Gasteiger partial charge in [-0.1, -0.05) is 19.8 Å². The Kier molecular flexibility index (Phi) is 3.70. The summed E-state index contributed by atoms with van der Waals surface area (Å²) in [7, 11) is 0. The van der Waals surface area contributed by atoms with Crippen LogP contribution in [-0.4, -0.2) is 18.2 Å². The standard InChI is InChI=1S/C10H17FO2/c1-2-9(12)13-8-7-10(11)5-3-4-6-10/h2-8H2,1H3. The highest BCUT2D eigenvalue weighted by Crippen LogP contribution is 2.36. The number of esters is 1. The molecular weight excluding hydrogens is 171 g/mol. The van der Waals surface area contributed by atoms with Crippen LogP contribution in [0.5, 0.6) is 0 Å². The molecule has 1 saturated carbocycles. The fourth-order valence-electron chi connectivity index (χ4n) is 1.71. The maximum atomic E-state index is 13.7. The zero-order valence-electron chi connectivity index (χ0n) is 8.14. The number of carbonyl (C=O) groups excluding carboxylic acids is 1. The highest BCUT2D eigenvalue weighted by molar-refractivity contribution is 5.68. The molecule has 0 atom stereocenters. The predicted molar refractivity (Wildman–Crippen MR) is 48.2 cm³/mol. The first-order valence-electron chi connectivity index (χ1n) is 5.01. The van der Waals surface area contributed by atoms with E-state index in [4.69, 9.17) is 4.74 Å². The largest absolute Gasteiger partial charge is 0.466 e. The first-order chi connectivity index (χ1) is 6.16. The van der Waals surface area contributed by atoms with Crippen molar-refractivity contribution in [3.05, 3.63) is 0 Å². The molecule has 0 amide bonds. The third kappa shape index (κ3) is 3.33. The third-order valence-electron chi connectivity index (χ3n) is 2.60. The van der Waals surface area contributed by atoms with E-state index < -0.39 is 5.67 Å². The van der Waals surface area contributed by atoms with E-state index in [-0.39, 0.29) is 12.6 Å². The number of alkyl halides is 1. The van der Waals surface area contributed by atoms with E-state index in [9.17, 15) is 9.18 Å². The van der Waals surface area contributed by atoms with E-state index >= 15 is 0 Å². The SMILES string of the molecule is CCC(=O)OCCC1(F)CCCC1. The summed E-state index contributed by atoms with van der Waals surface area (Å²) in [6.07, 6.45) is 3.96. The van der Waals surface area contributed by atoms with Crippen LogP contribution < -0.4 is 0 Å². The van der Waals surface area contributed by atoms with Gasteiger partial charge in [0.05, 0.1) is 6.61 Å². The van der Waals surface area contributed by atoms with Gasteiger partial charge in [0.2, 0.25) is 0 Å². The van der Waals surface area contributed by atoms with Crippen molar-refractivity contribution < 1.29 is 13.9 Å².